The fourth-order valence-electron chi connectivity index (χ4n) is 10.5. The number of furan rings is 1. The second kappa shape index (κ2) is 15.1. The summed E-state index contributed by atoms with van der Waals surface area (Å²) in [6, 6.07) is 82.1. The Bertz CT molecular complexity index is 3840. The van der Waals surface area contributed by atoms with Crippen LogP contribution in [-0.2, 0) is 5.41 Å². The highest BCUT2D eigenvalue weighted by Crippen LogP contribution is 2.51. The van der Waals surface area contributed by atoms with Crippen LogP contribution in [-0.4, -0.2) is 0 Å². The van der Waals surface area contributed by atoms with Crippen molar-refractivity contribution in [3.05, 3.63) is 236 Å². The number of hydrogen-bond acceptors (Lipinski definition) is 3. The van der Waals surface area contributed by atoms with Gasteiger partial charge in [-0.15, -0.1) is 11.3 Å². The van der Waals surface area contributed by atoms with Gasteiger partial charge in [0.15, 0.2) is 0 Å². The Morgan fingerprint density at radius 2 is 0.939 bits per heavy atom. The third-order valence-electron chi connectivity index (χ3n) is 13.9. The van der Waals surface area contributed by atoms with Crippen molar-refractivity contribution in [1.82, 2.24) is 0 Å². The standard InChI is InChI=1S/C63H43NOS/c1-63(2)57-35-28-44(37-56(57)51-33-27-46(38-58(51)63)50-18-11-19-55-52-16-6-8-20-59(52)65-62(50)55)41-22-29-47(30-23-41)64(49-15-10-14-43(36-49)40-12-4-3-5-13-40)48-31-24-42(25-32-48)45-26-34-54-53-17-7-9-21-60(53)66-61(54)39-45/h3-39H,1-2H3. The Morgan fingerprint density at radius 3 is 1.74 bits per heavy atom. The third-order valence-corrected chi connectivity index (χ3v) is 15.0. The van der Waals surface area contributed by atoms with Crippen molar-refractivity contribution in [2.45, 2.75) is 19.3 Å². The number of rotatable bonds is 7. The average Bonchev–Trinajstić information content (AvgIpc) is 4.02. The smallest absolute Gasteiger partial charge is 0.143 e. The van der Waals surface area contributed by atoms with Gasteiger partial charge in [0.2, 0.25) is 0 Å². The monoisotopic (exact) mass is 861 g/mol. The molecule has 10 aromatic carbocycles. The lowest BCUT2D eigenvalue weighted by Crippen LogP contribution is -2.15. The first-order valence-corrected chi connectivity index (χ1v) is 23.5. The zero-order valence-electron chi connectivity index (χ0n) is 36.6. The Morgan fingerprint density at radius 1 is 0.348 bits per heavy atom. The molecule has 0 amide bonds. The molecule has 0 spiro atoms. The molecule has 0 aliphatic heterocycles. The van der Waals surface area contributed by atoms with Gasteiger partial charge in [0, 0.05) is 59.0 Å². The summed E-state index contributed by atoms with van der Waals surface area (Å²) >= 11 is 1.86. The predicted molar refractivity (Wildman–Crippen MR) is 281 cm³/mol. The summed E-state index contributed by atoms with van der Waals surface area (Å²) in [4.78, 5) is 2.38. The van der Waals surface area contributed by atoms with Crippen LogP contribution in [0.3, 0.4) is 0 Å². The Balaban J connectivity index is 0.850. The number of anilines is 3. The normalized spacial score (nSPS) is 12.8. The lowest BCUT2D eigenvalue weighted by molar-refractivity contribution is 0.660. The zero-order chi connectivity index (χ0) is 43.9. The summed E-state index contributed by atoms with van der Waals surface area (Å²) in [6.07, 6.45) is 0. The molecular formula is C63H43NOS. The van der Waals surface area contributed by atoms with E-state index in [0.717, 1.165) is 44.6 Å². The van der Waals surface area contributed by atoms with Gasteiger partial charge < -0.3 is 9.32 Å². The third kappa shape index (κ3) is 6.23. The summed E-state index contributed by atoms with van der Waals surface area (Å²) in [7, 11) is 0. The van der Waals surface area contributed by atoms with Gasteiger partial charge in [-0.2, -0.15) is 0 Å². The molecule has 1 aliphatic rings. The lowest BCUT2D eigenvalue weighted by atomic mass is 9.81. The van der Waals surface area contributed by atoms with Crippen molar-refractivity contribution < 1.29 is 4.42 Å². The molecule has 0 saturated carbocycles. The van der Waals surface area contributed by atoms with Gasteiger partial charge in [-0.25, -0.2) is 0 Å². The van der Waals surface area contributed by atoms with Crippen LogP contribution in [0.1, 0.15) is 25.0 Å². The van der Waals surface area contributed by atoms with Crippen LogP contribution in [0.4, 0.5) is 17.1 Å². The minimum absolute atomic E-state index is 0.152. The second-order valence-corrected chi connectivity index (χ2v) is 19.2. The molecule has 0 N–H and O–H groups in total. The van der Waals surface area contributed by atoms with Gasteiger partial charge in [0.05, 0.1) is 0 Å². The first-order valence-electron chi connectivity index (χ1n) is 22.7. The molecule has 1 aliphatic carbocycles. The topological polar surface area (TPSA) is 16.4 Å². The van der Waals surface area contributed by atoms with Gasteiger partial charge >= 0.3 is 0 Å². The molecule has 3 heteroatoms. The Labute approximate surface area is 388 Å². The van der Waals surface area contributed by atoms with Crippen LogP contribution in [0.25, 0.3) is 97.7 Å². The average molecular weight is 862 g/mol. The Kier molecular flexibility index (Phi) is 8.78. The molecular weight excluding hydrogens is 819 g/mol. The van der Waals surface area contributed by atoms with Crippen LogP contribution in [0, 0.1) is 0 Å². The maximum atomic E-state index is 6.47. The van der Waals surface area contributed by atoms with E-state index in [4.69, 9.17) is 4.42 Å². The highest BCUT2D eigenvalue weighted by atomic mass is 32.1. The maximum absolute atomic E-state index is 6.47. The van der Waals surface area contributed by atoms with Gasteiger partial charge in [-0.3, -0.25) is 0 Å². The minimum Gasteiger partial charge on any atom is -0.455 e. The van der Waals surface area contributed by atoms with Gasteiger partial charge in [-0.05, 0) is 128 Å². The van der Waals surface area contributed by atoms with Crippen molar-refractivity contribution in [2.24, 2.45) is 0 Å². The highest BCUT2D eigenvalue weighted by Gasteiger charge is 2.36. The van der Waals surface area contributed by atoms with Crippen LogP contribution >= 0.6 is 11.3 Å². The molecule has 0 bridgehead atoms. The largest absolute Gasteiger partial charge is 0.455 e. The van der Waals surface area contributed by atoms with E-state index in [1.54, 1.807) is 0 Å². The van der Waals surface area contributed by atoms with E-state index in [-0.39, 0.29) is 5.41 Å². The van der Waals surface area contributed by atoms with E-state index < -0.39 is 0 Å². The van der Waals surface area contributed by atoms with E-state index in [1.165, 1.54) is 81.4 Å². The molecule has 13 rings (SSSR count). The van der Waals surface area contributed by atoms with E-state index in [0.29, 0.717) is 0 Å². The summed E-state index contributed by atoms with van der Waals surface area (Å²) in [5.74, 6) is 0. The molecule has 12 aromatic rings. The van der Waals surface area contributed by atoms with Crippen molar-refractivity contribution in [2.75, 3.05) is 4.90 Å². The number of para-hydroxylation sites is 2. The second-order valence-electron chi connectivity index (χ2n) is 18.1. The molecule has 66 heavy (non-hydrogen) atoms. The van der Waals surface area contributed by atoms with Crippen LogP contribution in [0.15, 0.2) is 229 Å². The first-order chi connectivity index (χ1) is 32.4. The SMILES string of the molecule is CC1(C)c2ccc(-c3ccc(N(c4ccc(-c5ccc6c(c5)sc5ccccc56)cc4)c4cccc(-c5ccccc5)c4)cc3)cc2-c2ccc(-c3cccc4c3oc3ccccc34)cc21. The molecule has 0 radical (unpaired) electrons. The number of benzene rings is 10. The molecule has 0 atom stereocenters. The van der Waals surface area contributed by atoms with Crippen LogP contribution in [0.5, 0.6) is 0 Å². The quantitative estimate of drug-likeness (QED) is 0.159. The van der Waals surface area contributed by atoms with Crippen LogP contribution < -0.4 is 4.90 Å². The van der Waals surface area contributed by atoms with Gasteiger partial charge in [0.1, 0.15) is 11.2 Å². The first kappa shape index (κ1) is 38.5. The number of thiophene rings is 1. The highest BCUT2D eigenvalue weighted by molar-refractivity contribution is 7.25. The fraction of sp³-hybridized carbons (Fsp3) is 0.0476. The van der Waals surface area contributed by atoms with Crippen molar-refractivity contribution in [1.29, 1.82) is 0 Å². The number of fused-ring (bicyclic) bond motifs is 9. The van der Waals surface area contributed by atoms with Crippen molar-refractivity contribution in [3.8, 4) is 55.6 Å². The molecule has 2 heterocycles. The molecule has 312 valence electrons. The maximum Gasteiger partial charge on any atom is 0.143 e. The molecule has 2 nitrogen and oxygen atoms in total. The van der Waals surface area contributed by atoms with E-state index >= 15 is 0 Å². The number of hydrogen-bond donors (Lipinski definition) is 0. The minimum atomic E-state index is -0.152. The van der Waals surface area contributed by atoms with Gasteiger partial charge in [0.25, 0.3) is 0 Å². The predicted octanol–water partition coefficient (Wildman–Crippen LogP) is 18.4. The number of nitrogens with zero attached hydrogens (tertiary/aromatic N) is 1. The molecule has 0 fully saturated rings. The fourth-order valence-corrected chi connectivity index (χ4v) is 11.6. The van der Waals surface area contributed by atoms with Crippen molar-refractivity contribution >= 4 is 70.5 Å². The summed E-state index contributed by atoms with van der Waals surface area (Å²) in [5.41, 5.74) is 19.8. The molecule has 0 saturated heterocycles. The summed E-state index contributed by atoms with van der Waals surface area (Å²) in [6.45, 7) is 4.71. The van der Waals surface area contributed by atoms with E-state index in [2.05, 4.69) is 237 Å². The van der Waals surface area contributed by atoms with Crippen LogP contribution in [0.2, 0.25) is 0 Å². The lowest BCUT2D eigenvalue weighted by Gasteiger charge is -2.26. The van der Waals surface area contributed by atoms with E-state index in [9.17, 15) is 0 Å². The van der Waals surface area contributed by atoms with Gasteiger partial charge in [-0.1, -0.05) is 172 Å². The summed E-state index contributed by atoms with van der Waals surface area (Å²) in [5, 5.41) is 4.95. The molecule has 2 aromatic heterocycles. The Hall–Kier alpha value is -7.98. The van der Waals surface area contributed by atoms with Crippen molar-refractivity contribution in [3.63, 3.8) is 0 Å². The zero-order valence-corrected chi connectivity index (χ0v) is 37.4. The summed E-state index contributed by atoms with van der Waals surface area (Å²) < 4.78 is 9.11. The van der Waals surface area contributed by atoms with E-state index in [1.807, 2.05) is 17.4 Å². The molecule has 0 unspecified atom stereocenters.